The molecular formula is C16H14FNO3. The second kappa shape index (κ2) is 6.17. The van der Waals surface area contributed by atoms with Crippen LogP contribution in [0.4, 0.5) is 4.39 Å². The predicted molar refractivity (Wildman–Crippen MR) is 75.7 cm³/mol. The minimum Gasteiger partial charge on any atom is -0.478 e. The van der Waals surface area contributed by atoms with Crippen LogP contribution in [0.5, 0.6) is 0 Å². The monoisotopic (exact) mass is 287 g/mol. The van der Waals surface area contributed by atoms with Crippen molar-refractivity contribution in [2.24, 2.45) is 0 Å². The highest BCUT2D eigenvalue weighted by Gasteiger charge is 2.12. The van der Waals surface area contributed by atoms with Gasteiger partial charge in [0.15, 0.2) is 0 Å². The minimum atomic E-state index is -1.04. The maximum absolute atomic E-state index is 12.8. The number of halogens is 1. The van der Waals surface area contributed by atoms with Gasteiger partial charge in [0.2, 0.25) is 0 Å². The number of hydrogen-bond donors (Lipinski definition) is 2. The quantitative estimate of drug-likeness (QED) is 0.908. The van der Waals surface area contributed by atoms with E-state index in [-0.39, 0.29) is 23.3 Å². The summed E-state index contributed by atoms with van der Waals surface area (Å²) in [6, 6.07) is 11.3. The highest BCUT2D eigenvalue weighted by molar-refractivity contribution is 5.96. The van der Waals surface area contributed by atoms with Gasteiger partial charge in [-0.3, -0.25) is 4.79 Å². The molecule has 2 aromatic carbocycles. The number of hydrogen-bond acceptors (Lipinski definition) is 2. The summed E-state index contributed by atoms with van der Waals surface area (Å²) in [5, 5.41) is 11.6. The number of rotatable bonds is 4. The Bertz CT molecular complexity index is 650. The van der Waals surface area contributed by atoms with E-state index in [0.717, 1.165) is 5.56 Å². The first kappa shape index (κ1) is 14.7. The molecule has 0 aliphatic heterocycles. The van der Waals surface area contributed by atoms with Crippen LogP contribution in [0.25, 0.3) is 0 Å². The van der Waals surface area contributed by atoms with Gasteiger partial charge in [-0.25, -0.2) is 9.18 Å². The van der Waals surface area contributed by atoms with Crippen molar-refractivity contribution in [2.75, 3.05) is 0 Å². The molecule has 2 N–H and O–H groups in total. The highest BCUT2D eigenvalue weighted by Crippen LogP contribution is 2.14. The molecule has 0 radical (unpaired) electrons. The summed E-state index contributed by atoms with van der Waals surface area (Å²) in [6.07, 6.45) is 0. The lowest BCUT2D eigenvalue weighted by Gasteiger charge is -2.14. The van der Waals surface area contributed by atoms with E-state index in [9.17, 15) is 14.0 Å². The zero-order chi connectivity index (χ0) is 15.4. The Morgan fingerprint density at radius 1 is 1.00 bits per heavy atom. The van der Waals surface area contributed by atoms with Crippen molar-refractivity contribution in [1.29, 1.82) is 0 Å². The minimum absolute atomic E-state index is 0.123. The van der Waals surface area contributed by atoms with E-state index in [2.05, 4.69) is 5.32 Å². The van der Waals surface area contributed by atoms with Gasteiger partial charge in [-0.15, -0.1) is 0 Å². The third-order valence-corrected chi connectivity index (χ3v) is 3.11. The van der Waals surface area contributed by atoms with E-state index in [4.69, 9.17) is 5.11 Å². The fourth-order valence-electron chi connectivity index (χ4n) is 1.88. The molecule has 2 rings (SSSR count). The second-order valence-electron chi connectivity index (χ2n) is 4.63. The van der Waals surface area contributed by atoms with Gasteiger partial charge in [-0.2, -0.15) is 0 Å². The molecule has 1 amide bonds. The lowest BCUT2D eigenvalue weighted by atomic mass is 10.1. The Kier molecular flexibility index (Phi) is 4.33. The first-order valence-electron chi connectivity index (χ1n) is 6.37. The van der Waals surface area contributed by atoms with Crippen molar-refractivity contribution in [3.8, 4) is 0 Å². The first-order chi connectivity index (χ1) is 9.97. The average molecular weight is 287 g/mol. The van der Waals surface area contributed by atoms with Gasteiger partial charge >= 0.3 is 5.97 Å². The highest BCUT2D eigenvalue weighted by atomic mass is 19.1. The zero-order valence-corrected chi connectivity index (χ0v) is 11.3. The summed E-state index contributed by atoms with van der Waals surface area (Å²) >= 11 is 0. The maximum atomic E-state index is 12.8. The van der Waals surface area contributed by atoms with Crippen molar-refractivity contribution < 1.29 is 19.1 Å². The summed E-state index contributed by atoms with van der Waals surface area (Å²) in [5.74, 6) is -1.69. The number of aromatic carboxylic acids is 1. The summed E-state index contributed by atoms with van der Waals surface area (Å²) in [4.78, 5) is 22.8. The van der Waals surface area contributed by atoms with Gasteiger partial charge in [0.05, 0.1) is 11.6 Å². The van der Waals surface area contributed by atoms with E-state index >= 15 is 0 Å². The van der Waals surface area contributed by atoms with Gasteiger partial charge in [0.25, 0.3) is 5.91 Å². The van der Waals surface area contributed by atoms with Gasteiger partial charge in [0.1, 0.15) is 5.82 Å². The molecule has 0 spiro atoms. The molecule has 5 heteroatoms. The van der Waals surface area contributed by atoms with E-state index in [1.165, 1.54) is 36.4 Å². The molecule has 1 atom stereocenters. The van der Waals surface area contributed by atoms with Gasteiger partial charge in [-0.1, -0.05) is 12.1 Å². The van der Waals surface area contributed by atoms with Crippen LogP contribution in [-0.2, 0) is 0 Å². The van der Waals surface area contributed by atoms with Gasteiger partial charge in [-0.05, 0) is 48.9 Å². The molecule has 0 aromatic heterocycles. The molecular weight excluding hydrogens is 273 g/mol. The molecule has 0 saturated heterocycles. The largest absolute Gasteiger partial charge is 0.478 e. The normalized spacial score (nSPS) is 11.7. The van der Waals surface area contributed by atoms with Gasteiger partial charge in [0, 0.05) is 5.56 Å². The number of benzene rings is 2. The molecule has 0 aliphatic carbocycles. The Balaban J connectivity index is 2.06. The molecule has 0 fully saturated rings. The van der Waals surface area contributed by atoms with Crippen LogP contribution < -0.4 is 5.32 Å². The number of carbonyl (C=O) groups excluding carboxylic acids is 1. The number of carbonyl (C=O) groups is 2. The van der Waals surface area contributed by atoms with Crippen molar-refractivity contribution in [3.05, 3.63) is 71.0 Å². The van der Waals surface area contributed by atoms with Crippen molar-refractivity contribution in [2.45, 2.75) is 13.0 Å². The number of nitrogens with one attached hydrogen (secondary N) is 1. The van der Waals surface area contributed by atoms with Crippen LogP contribution in [0.2, 0.25) is 0 Å². The summed E-state index contributed by atoms with van der Waals surface area (Å²) in [7, 11) is 0. The van der Waals surface area contributed by atoms with Crippen molar-refractivity contribution >= 4 is 11.9 Å². The Hall–Kier alpha value is -2.69. The van der Waals surface area contributed by atoms with Crippen molar-refractivity contribution in [3.63, 3.8) is 0 Å². The van der Waals surface area contributed by atoms with E-state index < -0.39 is 5.97 Å². The fourth-order valence-corrected chi connectivity index (χ4v) is 1.88. The molecule has 21 heavy (non-hydrogen) atoms. The molecule has 0 heterocycles. The number of carboxylic acid groups (broad SMARTS) is 1. The predicted octanol–water partition coefficient (Wildman–Crippen LogP) is 3.01. The molecule has 4 nitrogen and oxygen atoms in total. The van der Waals surface area contributed by atoms with Crippen LogP contribution >= 0.6 is 0 Å². The van der Waals surface area contributed by atoms with Gasteiger partial charge < -0.3 is 10.4 Å². The lowest BCUT2D eigenvalue weighted by Crippen LogP contribution is -2.26. The van der Waals surface area contributed by atoms with E-state index in [0.29, 0.717) is 5.56 Å². The van der Waals surface area contributed by atoms with Crippen LogP contribution in [0, 0.1) is 5.82 Å². The molecule has 2 aromatic rings. The lowest BCUT2D eigenvalue weighted by molar-refractivity contribution is 0.0696. The Labute approximate surface area is 121 Å². The number of carboxylic acids is 1. The fraction of sp³-hybridized carbons (Fsp3) is 0.125. The topological polar surface area (TPSA) is 66.4 Å². The molecule has 0 bridgehead atoms. The van der Waals surface area contributed by atoms with Crippen molar-refractivity contribution in [1.82, 2.24) is 5.32 Å². The van der Waals surface area contributed by atoms with Crippen LogP contribution in [0.1, 0.15) is 39.2 Å². The first-order valence-corrected chi connectivity index (χ1v) is 6.37. The molecule has 108 valence electrons. The molecule has 0 aliphatic rings. The smallest absolute Gasteiger partial charge is 0.335 e. The maximum Gasteiger partial charge on any atom is 0.335 e. The van der Waals surface area contributed by atoms with Crippen LogP contribution in [0.15, 0.2) is 48.5 Å². The van der Waals surface area contributed by atoms with Crippen LogP contribution in [0.3, 0.4) is 0 Å². The van der Waals surface area contributed by atoms with E-state index in [1.54, 1.807) is 19.1 Å². The summed E-state index contributed by atoms with van der Waals surface area (Å²) < 4.78 is 12.8. The number of amides is 1. The SMILES string of the molecule is CC(NC(=O)c1ccc(C(=O)O)cc1)c1ccc(F)cc1. The molecule has 0 saturated carbocycles. The molecule has 1 unspecified atom stereocenters. The third-order valence-electron chi connectivity index (χ3n) is 3.11. The van der Waals surface area contributed by atoms with Crippen LogP contribution in [-0.4, -0.2) is 17.0 Å². The Morgan fingerprint density at radius 3 is 2.05 bits per heavy atom. The van der Waals surface area contributed by atoms with E-state index in [1.807, 2.05) is 0 Å². The Morgan fingerprint density at radius 2 is 1.52 bits per heavy atom. The standard InChI is InChI=1S/C16H14FNO3/c1-10(11-6-8-14(17)9-7-11)18-15(19)12-2-4-13(5-3-12)16(20)21/h2-10H,1H3,(H,18,19)(H,20,21). The third kappa shape index (κ3) is 3.66. The summed E-state index contributed by atoms with van der Waals surface area (Å²) in [5.41, 5.74) is 1.28. The average Bonchev–Trinajstić information content (AvgIpc) is 2.47. The zero-order valence-electron chi connectivity index (χ0n) is 11.3. The summed E-state index contributed by atoms with van der Waals surface area (Å²) in [6.45, 7) is 1.79. The second-order valence-corrected chi connectivity index (χ2v) is 4.63.